The number of allylic oxidation sites excluding steroid dienone is 1. The highest BCUT2D eigenvalue weighted by atomic mass is 16.5. The Morgan fingerprint density at radius 3 is 2.23 bits per heavy atom. The second-order valence-electron chi connectivity index (χ2n) is 9.12. The summed E-state index contributed by atoms with van der Waals surface area (Å²) >= 11 is 0. The van der Waals surface area contributed by atoms with Gasteiger partial charge in [-0.3, -0.25) is 14.6 Å². The zero-order valence-corrected chi connectivity index (χ0v) is 22.2. The first-order valence-corrected chi connectivity index (χ1v) is 12.8. The second-order valence-corrected chi connectivity index (χ2v) is 9.12. The van der Waals surface area contributed by atoms with E-state index in [1.165, 1.54) is 0 Å². The molecule has 1 N–H and O–H groups in total. The summed E-state index contributed by atoms with van der Waals surface area (Å²) in [5.41, 5.74) is 8.68. The first-order chi connectivity index (χ1) is 19.5. The van der Waals surface area contributed by atoms with Crippen LogP contribution in [-0.4, -0.2) is 30.0 Å². The summed E-state index contributed by atoms with van der Waals surface area (Å²) < 4.78 is 5.11. The van der Waals surface area contributed by atoms with Gasteiger partial charge in [-0.2, -0.15) is 5.10 Å². The van der Waals surface area contributed by atoms with Gasteiger partial charge < -0.3 is 4.74 Å². The van der Waals surface area contributed by atoms with Gasteiger partial charge in [0.1, 0.15) is 5.75 Å². The van der Waals surface area contributed by atoms with Gasteiger partial charge in [0, 0.05) is 22.2 Å². The fraction of sp³-hybridized carbons (Fsp3) is 0.0588. The van der Waals surface area contributed by atoms with E-state index in [4.69, 9.17) is 9.72 Å². The third kappa shape index (κ3) is 5.87. The summed E-state index contributed by atoms with van der Waals surface area (Å²) in [7, 11) is 1.57. The minimum atomic E-state index is -0.315. The van der Waals surface area contributed by atoms with Crippen molar-refractivity contribution in [2.45, 2.75) is 6.92 Å². The number of ketones is 1. The number of aryl methyl sites for hydroxylation is 1. The summed E-state index contributed by atoms with van der Waals surface area (Å²) in [5.74, 6) is 0.253. The van der Waals surface area contributed by atoms with E-state index < -0.39 is 0 Å². The maximum Gasteiger partial charge on any atom is 0.271 e. The number of hydrogen-bond donors (Lipinski definition) is 1. The quantitative estimate of drug-likeness (QED) is 0.104. The molecule has 1 aromatic heterocycles. The summed E-state index contributed by atoms with van der Waals surface area (Å²) in [6.45, 7) is 1.88. The molecule has 0 saturated carbocycles. The molecule has 6 heteroatoms. The van der Waals surface area contributed by atoms with Crippen LogP contribution in [0.25, 0.3) is 28.1 Å². The smallest absolute Gasteiger partial charge is 0.271 e. The van der Waals surface area contributed by atoms with E-state index in [1.807, 2.05) is 85.8 Å². The fourth-order valence-corrected chi connectivity index (χ4v) is 4.46. The Kier molecular flexibility index (Phi) is 7.88. The maximum atomic E-state index is 13.5. The van der Waals surface area contributed by atoms with Crippen molar-refractivity contribution >= 4 is 34.9 Å². The number of ether oxygens (including phenoxy) is 1. The van der Waals surface area contributed by atoms with Crippen LogP contribution in [0.1, 0.15) is 37.5 Å². The lowest BCUT2D eigenvalue weighted by molar-refractivity contribution is 0.0954. The molecule has 1 amide bonds. The zero-order valence-electron chi connectivity index (χ0n) is 22.2. The largest absolute Gasteiger partial charge is 0.497 e. The number of hydrazone groups is 1. The van der Waals surface area contributed by atoms with Crippen molar-refractivity contribution in [2.75, 3.05) is 7.11 Å². The zero-order chi connectivity index (χ0) is 27.9. The van der Waals surface area contributed by atoms with Crippen LogP contribution >= 0.6 is 0 Å². The number of nitrogens with one attached hydrogen (secondary N) is 1. The molecule has 4 aromatic carbocycles. The van der Waals surface area contributed by atoms with Gasteiger partial charge in [-0.15, -0.1) is 0 Å². The highest BCUT2D eigenvalue weighted by molar-refractivity contribution is 6.16. The molecule has 6 nitrogen and oxygen atoms in total. The minimum Gasteiger partial charge on any atom is -0.497 e. The van der Waals surface area contributed by atoms with E-state index in [2.05, 4.69) is 10.5 Å². The van der Waals surface area contributed by atoms with Gasteiger partial charge in [0.25, 0.3) is 5.91 Å². The number of nitrogens with zero attached hydrogens (tertiary/aromatic N) is 2. The number of benzene rings is 4. The summed E-state index contributed by atoms with van der Waals surface area (Å²) in [6.07, 6.45) is 4.94. The monoisotopic (exact) mass is 525 g/mol. The molecule has 5 rings (SSSR count). The number of aromatic nitrogens is 1. The standard InChI is InChI=1S/C34H27N3O3/c1-23-32(33(26-8-4-3-5-9-26)29-10-6-7-11-30(29)36-23)31(38)21-16-24-12-14-25(15-13-24)22-35-37-34(39)27-17-19-28(40-2)20-18-27/h3-22H,1-2H3,(H,37,39)/b21-16+,35-22+. The summed E-state index contributed by atoms with van der Waals surface area (Å²) in [4.78, 5) is 30.5. The molecule has 5 aromatic rings. The van der Waals surface area contributed by atoms with Gasteiger partial charge in [0.05, 0.1) is 24.4 Å². The molecule has 0 radical (unpaired) electrons. The number of carbonyl (C=O) groups is 2. The Bertz CT molecular complexity index is 1720. The predicted octanol–water partition coefficient (Wildman–Crippen LogP) is 6.88. The molecule has 40 heavy (non-hydrogen) atoms. The minimum absolute atomic E-state index is 0.110. The molecule has 0 aliphatic heterocycles. The number of carbonyl (C=O) groups excluding carboxylic acids is 2. The van der Waals surface area contributed by atoms with Crippen molar-refractivity contribution in [1.82, 2.24) is 10.4 Å². The molecule has 0 aliphatic carbocycles. The molecule has 0 atom stereocenters. The normalized spacial score (nSPS) is 11.2. The Hall–Kier alpha value is -5.36. The molecule has 196 valence electrons. The van der Waals surface area contributed by atoms with Crippen LogP contribution < -0.4 is 10.2 Å². The molecule has 0 unspecified atom stereocenters. The highest BCUT2D eigenvalue weighted by Gasteiger charge is 2.18. The van der Waals surface area contributed by atoms with Crippen molar-refractivity contribution in [2.24, 2.45) is 5.10 Å². The topological polar surface area (TPSA) is 80.6 Å². The molecule has 0 spiro atoms. The van der Waals surface area contributed by atoms with Gasteiger partial charge in [0.15, 0.2) is 5.78 Å². The van der Waals surface area contributed by atoms with E-state index in [0.29, 0.717) is 22.6 Å². The lowest BCUT2D eigenvalue weighted by Crippen LogP contribution is -2.17. The van der Waals surface area contributed by atoms with Crippen LogP contribution in [0, 0.1) is 6.92 Å². The SMILES string of the molecule is COc1ccc(C(=O)N/N=C/c2ccc(/C=C/C(=O)c3c(C)nc4ccccc4c3-c3ccccc3)cc2)cc1. The number of amides is 1. The number of para-hydroxylation sites is 1. The fourth-order valence-electron chi connectivity index (χ4n) is 4.46. The number of pyridine rings is 1. The van der Waals surface area contributed by atoms with Crippen molar-refractivity contribution in [1.29, 1.82) is 0 Å². The number of methoxy groups -OCH3 is 1. The van der Waals surface area contributed by atoms with E-state index in [9.17, 15) is 9.59 Å². The van der Waals surface area contributed by atoms with Crippen LogP contribution in [0.2, 0.25) is 0 Å². The number of hydrogen-bond acceptors (Lipinski definition) is 5. The number of rotatable bonds is 8. The van der Waals surface area contributed by atoms with E-state index in [1.54, 1.807) is 49.7 Å². The Labute approximate surface area is 232 Å². The lowest BCUT2D eigenvalue weighted by atomic mass is 9.92. The molecule has 1 heterocycles. The maximum absolute atomic E-state index is 13.5. The highest BCUT2D eigenvalue weighted by Crippen LogP contribution is 2.33. The van der Waals surface area contributed by atoms with Crippen LogP contribution in [0.5, 0.6) is 5.75 Å². The Morgan fingerprint density at radius 2 is 1.50 bits per heavy atom. The van der Waals surface area contributed by atoms with Crippen molar-refractivity contribution < 1.29 is 14.3 Å². The lowest BCUT2D eigenvalue weighted by Gasteiger charge is -2.14. The van der Waals surface area contributed by atoms with Crippen LogP contribution in [0.3, 0.4) is 0 Å². The average molecular weight is 526 g/mol. The van der Waals surface area contributed by atoms with Crippen molar-refractivity contribution in [3.63, 3.8) is 0 Å². The predicted molar refractivity (Wildman–Crippen MR) is 160 cm³/mol. The second kappa shape index (κ2) is 12.0. The molecule has 0 saturated heterocycles. The van der Waals surface area contributed by atoms with Gasteiger partial charge in [-0.05, 0) is 60.0 Å². The van der Waals surface area contributed by atoms with Gasteiger partial charge in [-0.25, -0.2) is 5.43 Å². The molecular formula is C34H27N3O3. The molecular weight excluding hydrogens is 498 g/mol. The third-order valence-electron chi connectivity index (χ3n) is 6.48. The molecule has 0 aliphatic rings. The number of fused-ring (bicyclic) bond motifs is 1. The first-order valence-electron chi connectivity index (χ1n) is 12.8. The van der Waals surface area contributed by atoms with Crippen LogP contribution in [0.4, 0.5) is 0 Å². The molecule has 0 bridgehead atoms. The summed E-state index contributed by atoms with van der Waals surface area (Å²) in [5, 5.41) is 4.99. The Morgan fingerprint density at radius 1 is 0.825 bits per heavy atom. The van der Waals surface area contributed by atoms with Crippen LogP contribution in [-0.2, 0) is 0 Å². The molecule has 0 fully saturated rings. The van der Waals surface area contributed by atoms with Gasteiger partial charge >= 0.3 is 0 Å². The first kappa shape index (κ1) is 26.3. The van der Waals surface area contributed by atoms with E-state index in [-0.39, 0.29) is 11.7 Å². The van der Waals surface area contributed by atoms with Gasteiger partial charge in [0.2, 0.25) is 0 Å². The van der Waals surface area contributed by atoms with Crippen molar-refractivity contribution in [3.05, 3.63) is 137 Å². The Balaban J connectivity index is 1.31. The van der Waals surface area contributed by atoms with Crippen molar-refractivity contribution in [3.8, 4) is 16.9 Å². The van der Waals surface area contributed by atoms with Crippen LogP contribution in [0.15, 0.2) is 114 Å². The average Bonchev–Trinajstić information content (AvgIpc) is 3.00. The third-order valence-corrected chi connectivity index (χ3v) is 6.48. The van der Waals surface area contributed by atoms with Gasteiger partial charge in [-0.1, -0.05) is 78.9 Å². The van der Waals surface area contributed by atoms with E-state index in [0.717, 1.165) is 33.2 Å². The van der Waals surface area contributed by atoms with E-state index >= 15 is 0 Å². The summed E-state index contributed by atoms with van der Waals surface area (Å²) in [6, 6.07) is 32.1.